The Bertz CT molecular complexity index is 1060. The Labute approximate surface area is 178 Å². The van der Waals surface area contributed by atoms with E-state index in [9.17, 15) is 23.5 Å². The molecule has 0 spiro atoms. The van der Waals surface area contributed by atoms with Gasteiger partial charge in [-0.1, -0.05) is 24.3 Å². The van der Waals surface area contributed by atoms with Crippen LogP contribution in [0.15, 0.2) is 36.4 Å². The van der Waals surface area contributed by atoms with Crippen LogP contribution in [0.3, 0.4) is 0 Å². The third-order valence-electron chi connectivity index (χ3n) is 7.17. The maximum absolute atomic E-state index is 13.5. The monoisotopic (exact) mass is 430 g/mol. The van der Waals surface area contributed by atoms with E-state index in [4.69, 9.17) is 9.47 Å². The van der Waals surface area contributed by atoms with E-state index in [1.54, 1.807) is 30.3 Å². The van der Waals surface area contributed by atoms with Gasteiger partial charge in [-0.15, -0.1) is 0 Å². The number of hydrogen-bond acceptors (Lipinski definition) is 5. The molecule has 4 saturated carbocycles. The zero-order valence-electron chi connectivity index (χ0n) is 17.2. The molecule has 4 aliphatic carbocycles. The number of esters is 2. The van der Waals surface area contributed by atoms with Gasteiger partial charge in [-0.2, -0.15) is 8.78 Å². The topological polar surface area (TPSA) is 72.8 Å². The first kappa shape index (κ1) is 20.2. The van der Waals surface area contributed by atoms with Crippen LogP contribution in [0.2, 0.25) is 0 Å². The molecular weight excluding hydrogens is 406 g/mol. The number of ether oxygens (including phenoxy) is 2. The van der Waals surface area contributed by atoms with E-state index in [2.05, 4.69) is 0 Å². The maximum atomic E-state index is 13.5. The van der Waals surface area contributed by atoms with Gasteiger partial charge in [-0.25, -0.2) is 4.79 Å². The second-order valence-electron chi connectivity index (χ2n) is 9.72. The van der Waals surface area contributed by atoms with Crippen LogP contribution in [0.1, 0.15) is 45.4 Å². The van der Waals surface area contributed by atoms with Crippen molar-refractivity contribution in [2.45, 2.75) is 57.0 Å². The summed E-state index contributed by atoms with van der Waals surface area (Å²) >= 11 is 0. The molecule has 6 rings (SSSR count). The van der Waals surface area contributed by atoms with Crippen molar-refractivity contribution in [3.8, 4) is 11.5 Å². The highest BCUT2D eigenvalue weighted by molar-refractivity contribution is 5.95. The lowest BCUT2D eigenvalue weighted by atomic mass is 9.48. The van der Waals surface area contributed by atoms with E-state index in [1.807, 2.05) is 0 Å². The smallest absolute Gasteiger partial charge is 0.377 e. The number of carbonyl (C=O) groups excluding carboxylic acids is 2. The Kier molecular flexibility index (Phi) is 4.33. The Morgan fingerprint density at radius 3 is 2.32 bits per heavy atom. The number of alkyl halides is 2. The minimum atomic E-state index is -3.57. The second kappa shape index (κ2) is 6.65. The predicted octanol–water partition coefficient (Wildman–Crippen LogP) is 4.99. The van der Waals surface area contributed by atoms with Gasteiger partial charge in [0, 0.05) is 24.1 Å². The summed E-state index contributed by atoms with van der Waals surface area (Å²) in [5.74, 6) is -4.78. The molecule has 0 amide bonds. The molecule has 2 atom stereocenters. The zero-order chi connectivity index (χ0) is 22.0. The van der Waals surface area contributed by atoms with Crippen LogP contribution in [-0.4, -0.2) is 28.6 Å². The molecule has 4 aliphatic rings. The summed E-state index contributed by atoms with van der Waals surface area (Å²) in [6, 6.07) is 10.1. The molecule has 0 aromatic heterocycles. The van der Waals surface area contributed by atoms with Crippen molar-refractivity contribution in [2.75, 3.05) is 0 Å². The summed E-state index contributed by atoms with van der Waals surface area (Å²) in [7, 11) is 0. The number of benzene rings is 2. The van der Waals surface area contributed by atoms with E-state index in [0.29, 0.717) is 49.1 Å². The number of halogens is 2. The number of hydrogen-bond donors (Lipinski definition) is 1. The largest absolute Gasteiger partial charge is 0.507 e. The highest BCUT2D eigenvalue weighted by atomic mass is 19.3. The zero-order valence-corrected chi connectivity index (χ0v) is 17.2. The van der Waals surface area contributed by atoms with Crippen molar-refractivity contribution in [2.24, 2.45) is 17.3 Å². The number of aromatic hydroxyl groups is 1. The summed E-state index contributed by atoms with van der Waals surface area (Å²) in [5.41, 5.74) is -1.89. The van der Waals surface area contributed by atoms with Gasteiger partial charge in [-0.05, 0) is 56.1 Å². The number of rotatable bonds is 4. The van der Waals surface area contributed by atoms with Gasteiger partial charge in [0.25, 0.3) is 0 Å². The average Bonchev–Trinajstić information content (AvgIpc) is 2.68. The van der Waals surface area contributed by atoms with Crippen molar-refractivity contribution >= 4 is 22.7 Å². The first-order valence-corrected chi connectivity index (χ1v) is 10.6. The van der Waals surface area contributed by atoms with Crippen molar-refractivity contribution in [1.82, 2.24) is 0 Å². The Morgan fingerprint density at radius 1 is 1.03 bits per heavy atom. The summed E-state index contributed by atoms with van der Waals surface area (Å²) in [6.45, 7) is 0.538. The molecule has 164 valence electrons. The third-order valence-corrected chi connectivity index (χ3v) is 7.17. The van der Waals surface area contributed by atoms with Crippen LogP contribution >= 0.6 is 0 Å². The number of fused-ring (bicyclic) bond motifs is 1. The minimum Gasteiger partial charge on any atom is -0.507 e. The molecule has 0 heterocycles. The molecule has 0 radical (unpaired) electrons. The van der Waals surface area contributed by atoms with Crippen LogP contribution in [0.5, 0.6) is 11.5 Å². The lowest BCUT2D eigenvalue weighted by Gasteiger charge is -2.59. The first-order valence-electron chi connectivity index (χ1n) is 10.6. The standard InChI is InChI=1S/C24H24F2O5/c1-22(25,26)20(28)31-24-11-14-8-15(12-24)10-23(9-14,13-24)21(29)30-19-7-6-18(27)16-4-2-3-5-17(16)19/h2-7,14-15,27H,8-13H2,1H3. The molecule has 2 aromatic carbocycles. The lowest BCUT2D eigenvalue weighted by molar-refractivity contribution is -0.222. The summed E-state index contributed by atoms with van der Waals surface area (Å²) in [6.07, 6.45) is 3.38. The average molecular weight is 430 g/mol. The molecule has 1 N–H and O–H groups in total. The van der Waals surface area contributed by atoms with Crippen molar-refractivity contribution in [3.63, 3.8) is 0 Å². The summed E-state index contributed by atoms with van der Waals surface area (Å²) in [5, 5.41) is 11.3. The predicted molar refractivity (Wildman–Crippen MR) is 108 cm³/mol. The van der Waals surface area contributed by atoms with Gasteiger partial charge in [0.15, 0.2) is 0 Å². The van der Waals surface area contributed by atoms with Crippen LogP contribution in [0.25, 0.3) is 10.8 Å². The minimum absolute atomic E-state index is 0.0940. The molecular formula is C24H24F2O5. The number of phenols is 1. The van der Waals surface area contributed by atoms with E-state index in [-0.39, 0.29) is 24.0 Å². The van der Waals surface area contributed by atoms with E-state index in [0.717, 1.165) is 6.42 Å². The molecule has 4 bridgehead atoms. The lowest BCUT2D eigenvalue weighted by Crippen LogP contribution is -2.61. The fourth-order valence-corrected chi connectivity index (χ4v) is 6.38. The summed E-state index contributed by atoms with van der Waals surface area (Å²) in [4.78, 5) is 25.4. The first-order chi connectivity index (χ1) is 14.6. The Hall–Kier alpha value is -2.70. The molecule has 7 heteroatoms. The molecule has 4 fully saturated rings. The fraction of sp³-hybridized carbons (Fsp3) is 0.500. The molecule has 2 aromatic rings. The highest BCUT2D eigenvalue weighted by Crippen LogP contribution is 2.63. The van der Waals surface area contributed by atoms with E-state index < -0.39 is 28.9 Å². The fourth-order valence-electron chi connectivity index (χ4n) is 6.38. The van der Waals surface area contributed by atoms with Crippen molar-refractivity contribution in [3.05, 3.63) is 36.4 Å². The molecule has 0 saturated heterocycles. The number of phenolic OH excluding ortho intramolecular Hbond substituents is 1. The van der Waals surface area contributed by atoms with Crippen molar-refractivity contribution < 1.29 is 33.0 Å². The highest BCUT2D eigenvalue weighted by Gasteiger charge is 2.63. The van der Waals surface area contributed by atoms with Crippen LogP contribution in [0, 0.1) is 17.3 Å². The SMILES string of the molecule is CC(F)(F)C(=O)OC12CC3CC(C1)CC(C(=O)Oc1ccc(O)c4ccccc14)(C3)C2. The van der Waals surface area contributed by atoms with Crippen LogP contribution in [0.4, 0.5) is 8.78 Å². The van der Waals surface area contributed by atoms with Crippen LogP contribution < -0.4 is 4.74 Å². The molecule has 31 heavy (non-hydrogen) atoms. The Balaban J connectivity index is 1.45. The number of carbonyl (C=O) groups is 2. The quantitative estimate of drug-likeness (QED) is 0.547. The van der Waals surface area contributed by atoms with Gasteiger partial charge in [0.1, 0.15) is 17.1 Å². The van der Waals surface area contributed by atoms with E-state index in [1.165, 1.54) is 6.07 Å². The maximum Gasteiger partial charge on any atom is 0.377 e. The van der Waals surface area contributed by atoms with Gasteiger partial charge in [0.2, 0.25) is 0 Å². The van der Waals surface area contributed by atoms with Gasteiger partial charge >= 0.3 is 17.9 Å². The van der Waals surface area contributed by atoms with Crippen molar-refractivity contribution in [1.29, 1.82) is 0 Å². The summed E-state index contributed by atoms with van der Waals surface area (Å²) < 4.78 is 38.3. The Morgan fingerprint density at radius 2 is 1.68 bits per heavy atom. The van der Waals surface area contributed by atoms with Gasteiger partial charge < -0.3 is 14.6 Å². The molecule has 0 aliphatic heterocycles. The second-order valence-corrected chi connectivity index (χ2v) is 9.72. The van der Waals surface area contributed by atoms with Gasteiger partial charge in [-0.3, -0.25) is 4.79 Å². The van der Waals surface area contributed by atoms with Crippen LogP contribution in [-0.2, 0) is 14.3 Å². The molecule has 2 unspecified atom stereocenters. The van der Waals surface area contributed by atoms with E-state index >= 15 is 0 Å². The third kappa shape index (κ3) is 3.34. The molecule has 5 nitrogen and oxygen atoms in total. The van der Waals surface area contributed by atoms with Gasteiger partial charge in [0.05, 0.1) is 5.41 Å². The normalized spacial score (nSPS) is 31.6.